The normalized spacial score (nSPS) is 25.4. The number of anilines is 2. The van der Waals surface area contributed by atoms with E-state index in [0.29, 0.717) is 73.2 Å². The van der Waals surface area contributed by atoms with Gasteiger partial charge in [-0.25, -0.2) is 9.18 Å². The summed E-state index contributed by atoms with van der Waals surface area (Å²) in [5.41, 5.74) is 1.52. The number of likely N-dealkylation sites (tertiary alicyclic amines) is 1. The summed E-state index contributed by atoms with van der Waals surface area (Å²) in [4.78, 5) is 51.2. The molecule has 3 aromatic heterocycles. The summed E-state index contributed by atoms with van der Waals surface area (Å²) in [6.45, 7) is 10.0. The van der Waals surface area contributed by atoms with Gasteiger partial charge < -0.3 is 44.0 Å². The summed E-state index contributed by atoms with van der Waals surface area (Å²) in [5.74, 6) is 1.37. The molecule has 2 bridgehead atoms. The number of piperazine rings is 2. The topological polar surface area (TPSA) is 166 Å². The highest BCUT2D eigenvalue weighted by atomic mass is 19.1. The van der Waals surface area contributed by atoms with Crippen LogP contribution in [0.5, 0.6) is 11.8 Å². The fraction of sp³-hybridized carbons (Fsp3) is 0.551. The van der Waals surface area contributed by atoms with Crippen LogP contribution in [-0.2, 0) is 22.4 Å². The van der Waals surface area contributed by atoms with Crippen LogP contribution in [0.2, 0.25) is 0 Å². The number of carbonyl (C=O) groups excluding carboxylic acids is 2. The zero-order valence-corrected chi connectivity index (χ0v) is 37.9. The molecule has 9 heterocycles. The first-order valence-corrected chi connectivity index (χ1v) is 24.1. The predicted molar refractivity (Wildman–Crippen MR) is 246 cm³/mol. The van der Waals surface area contributed by atoms with Crippen molar-refractivity contribution in [3.8, 4) is 23.0 Å². The molecule has 17 heteroatoms. The third kappa shape index (κ3) is 7.90. The van der Waals surface area contributed by atoms with Crippen molar-refractivity contribution < 1.29 is 33.1 Å². The fourth-order valence-corrected chi connectivity index (χ4v) is 11.9. The number of carbonyl (C=O) groups is 2. The Morgan fingerprint density at radius 2 is 1.80 bits per heavy atom. The number of amides is 2. The van der Waals surface area contributed by atoms with Crippen LogP contribution < -0.4 is 19.9 Å². The Balaban J connectivity index is 0.769. The lowest BCUT2D eigenvalue weighted by Crippen LogP contribution is -2.51. The van der Waals surface area contributed by atoms with Gasteiger partial charge in [-0.05, 0) is 99.7 Å². The van der Waals surface area contributed by atoms with Gasteiger partial charge in [0.1, 0.15) is 41.8 Å². The molecule has 0 saturated carbocycles. The molecule has 6 fully saturated rings. The van der Waals surface area contributed by atoms with Crippen LogP contribution in [0.3, 0.4) is 0 Å². The first kappa shape index (κ1) is 42.8. The van der Waals surface area contributed by atoms with E-state index in [2.05, 4.69) is 39.0 Å². The number of aromatic hydroxyl groups is 1. The van der Waals surface area contributed by atoms with E-state index < -0.39 is 5.82 Å². The number of ether oxygens (including phenoxy) is 2. The molecule has 0 aliphatic carbocycles. The van der Waals surface area contributed by atoms with Crippen molar-refractivity contribution in [1.82, 2.24) is 40.1 Å². The molecule has 6 saturated heterocycles. The van der Waals surface area contributed by atoms with Crippen LogP contribution in [0, 0.1) is 5.82 Å². The Labute approximate surface area is 383 Å². The molecule has 2 N–H and O–H groups in total. The molecule has 5 atom stereocenters. The van der Waals surface area contributed by atoms with Gasteiger partial charge in [-0.1, -0.05) is 30.3 Å². The summed E-state index contributed by atoms with van der Waals surface area (Å²) in [6.07, 6.45) is 10.1. The fourth-order valence-electron chi connectivity index (χ4n) is 11.9. The first-order chi connectivity index (χ1) is 32.1. The number of nitrogens with zero attached hydrogens (tertiary/aromatic N) is 9. The van der Waals surface area contributed by atoms with Gasteiger partial charge in [0.05, 0.1) is 17.3 Å². The van der Waals surface area contributed by atoms with Gasteiger partial charge in [0.15, 0.2) is 11.6 Å². The maximum atomic E-state index is 17.2. The van der Waals surface area contributed by atoms with Crippen LogP contribution in [-0.4, -0.2) is 147 Å². The van der Waals surface area contributed by atoms with Gasteiger partial charge in [-0.15, -0.1) is 0 Å². The quantitative estimate of drug-likeness (QED) is 0.157. The van der Waals surface area contributed by atoms with Crippen LogP contribution in [0.1, 0.15) is 76.5 Å². The SMILES string of the molecule is CCc1cccc2cc(O)cc(-c3ncc4c(N5CC6CCC(C5)N6)nc(OCC56CCCN5C(COC(=O)N5CCN(c7cc(CC(=O)N8CCCC8C)on7)CC5)CC6)nc4c3F)c12. The van der Waals surface area contributed by atoms with Crippen molar-refractivity contribution in [3.05, 3.63) is 59.7 Å². The van der Waals surface area contributed by atoms with Crippen molar-refractivity contribution >= 4 is 45.3 Å². The molecule has 66 heavy (non-hydrogen) atoms. The van der Waals surface area contributed by atoms with Crippen LogP contribution in [0.25, 0.3) is 32.9 Å². The largest absolute Gasteiger partial charge is 0.508 e. The number of nitrogens with one attached hydrogen (secondary N) is 1. The first-order valence-electron chi connectivity index (χ1n) is 24.1. The molecule has 5 aromatic rings. The highest BCUT2D eigenvalue weighted by Gasteiger charge is 2.50. The number of phenols is 1. The van der Waals surface area contributed by atoms with Gasteiger partial charge >= 0.3 is 12.1 Å². The van der Waals surface area contributed by atoms with Crippen LogP contribution in [0.4, 0.5) is 20.8 Å². The number of aromatic nitrogens is 4. The number of aryl methyl sites for hydroxylation is 1. The minimum atomic E-state index is -0.579. The molecule has 2 amide bonds. The maximum Gasteiger partial charge on any atom is 0.409 e. The third-order valence-corrected chi connectivity index (χ3v) is 15.4. The minimum Gasteiger partial charge on any atom is -0.508 e. The maximum absolute atomic E-state index is 17.2. The second kappa shape index (κ2) is 17.4. The third-order valence-electron chi connectivity index (χ3n) is 15.4. The standard InChI is InChI=1S/C49H59FN10O6/c1-3-31-8-4-9-32-21-36(61)22-38(42(31)32)44-43(50)45-39(25-51-44)46(58-26-33-10-11-34(27-58)52-33)54-47(53-45)65-29-49-13-6-16-60(49)35(12-14-49)28-64-48(63)57-19-17-56(18-20-57)40-23-37(66-55-40)24-41(62)59-15-5-7-30(59)2/h4,8-9,21-23,25,30,33-35,52,61H,3,5-7,10-20,24,26-29H2,1-2H3. The Bertz CT molecular complexity index is 2640. The van der Waals surface area contributed by atoms with Crippen molar-refractivity contribution in [3.63, 3.8) is 0 Å². The molecule has 2 aromatic carbocycles. The number of rotatable bonds is 11. The van der Waals surface area contributed by atoms with Gasteiger partial charge in [0.25, 0.3) is 0 Å². The molecule has 11 rings (SSSR count). The lowest BCUT2D eigenvalue weighted by Gasteiger charge is -2.36. The minimum absolute atomic E-state index is 0.0374. The number of hydrogen-bond acceptors (Lipinski definition) is 14. The van der Waals surface area contributed by atoms with Gasteiger partial charge in [-0.2, -0.15) is 9.97 Å². The Kier molecular flexibility index (Phi) is 11.3. The number of fused-ring (bicyclic) bond motifs is 5. The van der Waals surface area contributed by atoms with Crippen LogP contribution in [0.15, 0.2) is 47.1 Å². The van der Waals surface area contributed by atoms with E-state index in [1.54, 1.807) is 23.2 Å². The molecule has 0 spiro atoms. The molecule has 5 unspecified atom stereocenters. The predicted octanol–water partition coefficient (Wildman–Crippen LogP) is 6.07. The summed E-state index contributed by atoms with van der Waals surface area (Å²) in [6, 6.07) is 12.1. The molecule has 6 aliphatic heterocycles. The van der Waals surface area contributed by atoms with Crippen molar-refractivity contribution in [1.29, 1.82) is 0 Å². The molecule has 16 nitrogen and oxygen atoms in total. The van der Waals surface area contributed by atoms with E-state index >= 15 is 4.39 Å². The second-order valence-electron chi connectivity index (χ2n) is 19.4. The zero-order chi connectivity index (χ0) is 45.1. The van der Waals surface area contributed by atoms with E-state index in [1.165, 1.54) is 0 Å². The lowest BCUT2D eigenvalue weighted by molar-refractivity contribution is -0.131. The summed E-state index contributed by atoms with van der Waals surface area (Å²) in [5, 5.41) is 20.9. The number of benzene rings is 2. The monoisotopic (exact) mass is 902 g/mol. The number of hydrogen-bond donors (Lipinski definition) is 2. The van der Waals surface area contributed by atoms with E-state index in [1.807, 2.05) is 29.2 Å². The van der Waals surface area contributed by atoms with E-state index in [9.17, 15) is 14.7 Å². The summed E-state index contributed by atoms with van der Waals surface area (Å²) < 4.78 is 35.4. The Hall–Kier alpha value is -5.81. The van der Waals surface area contributed by atoms with Crippen molar-refractivity contribution in [2.45, 2.75) is 108 Å². The van der Waals surface area contributed by atoms with E-state index in [4.69, 9.17) is 28.9 Å². The average molecular weight is 903 g/mol. The number of phenolic OH excluding ortho intramolecular Hbond substituents is 1. The van der Waals surface area contributed by atoms with Crippen molar-refractivity contribution in [2.24, 2.45) is 0 Å². The Morgan fingerprint density at radius 3 is 2.59 bits per heavy atom. The van der Waals surface area contributed by atoms with Gasteiger partial charge in [-0.3, -0.25) is 14.7 Å². The molecule has 6 aliphatic rings. The summed E-state index contributed by atoms with van der Waals surface area (Å²) >= 11 is 0. The molecular formula is C49H59FN10O6. The Morgan fingerprint density at radius 1 is 0.970 bits per heavy atom. The molecule has 348 valence electrons. The number of halogens is 1. The van der Waals surface area contributed by atoms with E-state index in [0.717, 1.165) is 100 Å². The second-order valence-corrected chi connectivity index (χ2v) is 19.4. The summed E-state index contributed by atoms with van der Waals surface area (Å²) in [7, 11) is 0. The number of pyridine rings is 1. The zero-order valence-electron chi connectivity index (χ0n) is 37.9. The highest BCUT2D eigenvalue weighted by Crippen LogP contribution is 2.44. The van der Waals surface area contributed by atoms with Crippen LogP contribution >= 0.6 is 0 Å². The lowest BCUT2D eigenvalue weighted by atomic mass is 9.95. The van der Waals surface area contributed by atoms with E-state index in [-0.39, 0.29) is 65.6 Å². The highest BCUT2D eigenvalue weighted by molar-refractivity contribution is 6.01. The van der Waals surface area contributed by atoms with Gasteiger partial charge in [0, 0.05) is 87.8 Å². The van der Waals surface area contributed by atoms with Gasteiger partial charge in [0.2, 0.25) is 5.91 Å². The smallest absolute Gasteiger partial charge is 0.409 e. The van der Waals surface area contributed by atoms with Crippen molar-refractivity contribution in [2.75, 3.05) is 75.4 Å². The average Bonchev–Trinajstić information content (AvgIpc) is 4.18. The molecular weight excluding hydrogens is 844 g/mol. The molecule has 0 radical (unpaired) electrons.